The largest absolute Gasteiger partial charge is 0.329 e. The Balaban J connectivity index is 2.05. The van der Waals surface area contributed by atoms with Gasteiger partial charge in [0.2, 0.25) is 0 Å². The summed E-state index contributed by atoms with van der Waals surface area (Å²) in [4.78, 5) is 1.34. The molecule has 0 saturated carbocycles. The van der Waals surface area contributed by atoms with Crippen molar-refractivity contribution in [3.63, 3.8) is 0 Å². The molecule has 0 aliphatic heterocycles. The Kier molecular flexibility index (Phi) is 4.53. The van der Waals surface area contributed by atoms with E-state index in [9.17, 15) is 0 Å². The molecule has 0 aliphatic rings. The number of aryl methyl sites for hydroxylation is 2. The normalized spacial score (nSPS) is 12.6. The molecule has 1 unspecified atom stereocenters. The number of rotatable bonds is 5. The SMILES string of the molecule is Cc1ccc(C(CN)NCc2cccs2)cc1C. The molecule has 96 valence electrons. The molecule has 0 bridgehead atoms. The molecule has 2 nitrogen and oxygen atoms in total. The van der Waals surface area contributed by atoms with Crippen molar-refractivity contribution < 1.29 is 0 Å². The van der Waals surface area contributed by atoms with Crippen LogP contribution in [0.25, 0.3) is 0 Å². The molecule has 0 saturated heterocycles. The van der Waals surface area contributed by atoms with Gasteiger partial charge in [0.05, 0.1) is 0 Å². The smallest absolute Gasteiger partial charge is 0.0447 e. The molecule has 1 aromatic heterocycles. The molecule has 2 aromatic rings. The average Bonchev–Trinajstić information content (AvgIpc) is 2.87. The highest BCUT2D eigenvalue weighted by atomic mass is 32.1. The van der Waals surface area contributed by atoms with Crippen molar-refractivity contribution in [2.45, 2.75) is 26.4 Å². The highest BCUT2D eigenvalue weighted by Gasteiger charge is 2.09. The van der Waals surface area contributed by atoms with Crippen LogP contribution in [0.1, 0.15) is 27.6 Å². The monoisotopic (exact) mass is 260 g/mol. The topological polar surface area (TPSA) is 38.0 Å². The van der Waals surface area contributed by atoms with Crippen LogP contribution in [-0.4, -0.2) is 6.54 Å². The minimum Gasteiger partial charge on any atom is -0.329 e. The summed E-state index contributed by atoms with van der Waals surface area (Å²) in [6, 6.07) is 11.0. The van der Waals surface area contributed by atoms with Gasteiger partial charge in [0.15, 0.2) is 0 Å². The molecule has 0 fully saturated rings. The minimum absolute atomic E-state index is 0.228. The number of hydrogen-bond acceptors (Lipinski definition) is 3. The van der Waals surface area contributed by atoms with E-state index in [0.717, 1.165) is 6.54 Å². The second kappa shape index (κ2) is 6.14. The lowest BCUT2D eigenvalue weighted by Crippen LogP contribution is -2.27. The van der Waals surface area contributed by atoms with E-state index in [1.54, 1.807) is 11.3 Å². The molecule has 0 spiro atoms. The summed E-state index contributed by atoms with van der Waals surface area (Å²) in [6.07, 6.45) is 0. The van der Waals surface area contributed by atoms with Gasteiger partial charge < -0.3 is 11.1 Å². The van der Waals surface area contributed by atoms with Gasteiger partial charge in [-0.3, -0.25) is 0 Å². The first-order valence-electron chi connectivity index (χ1n) is 6.23. The second-order valence-electron chi connectivity index (χ2n) is 4.59. The second-order valence-corrected chi connectivity index (χ2v) is 5.62. The highest BCUT2D eigenvalue weighted by Crippen LogP contribution is 2.17. The first kappa shape index (κ1) is 13.3. The zero-order valence-corrected chi connectivity index (χ0v) is 11.8. The maximum atomic E-state index is 5.87. The molecule has 18 heavy (non-hydrogen) atoms. The van der Waals surface area contributed by atoms with Crippen molar-refractivity contribution in [2.75, 3.05) is 6.54 Å². The third-order valence-electron chi connectivity index (χ3n) is 3.27. The van der Waals surface area contributed by atoms with Crippen LogP contribution in [0.4, 0.5) is 0 Å². The Morgan fingerprint density at radius 2 is 2.06 bits per heavy atom. The predicted octanol–water partition coefficient (Wildman–Crippen LogP) is 3.15. The van der Waals surface area contributed by atoms with Gasteiger partial charge in [-0.25, -0.2) is 0 Å². The zero-order valence-electron chi connectivity index (χ0n) is 10.9. The van der Waals surface area contributed by atoms with Crippen molar-refractivity contribution in [1.82, 2.24) is 5.32 Å². The summed E-state index contributed by atoms with van der Waals surface area (Å²) < 4.78 is 0. The summed E-state index contributed by atoms with van der Waals surface area (Å²) in [7, 11) is 0. The Hall–Kier alpha value is -1.16. The Labute approximate surface area is 113 Å². The number of thiophene rings is 1. The van der Waals surface area contributed by atoms with Gasteiger partial charge in [-0.15, -0.1) is 11.3 Å². The van der Waals surface area contributed by atoms with Crippen molar-refractivity contribution >= 4 is 11.3 Å². The van der Waals surface area contributed by atoms with Gasteiger partial charge >= 0.3 is 0 Å². The maximum absolute atomic E-state index is 5.87. The third-order valence-corrected chi connectivity index (χ3v) is 4.15. The van der Waals surface area contributed by atoms with Crippen LogP contribution in [0, 0.1) is 13.8 Å². The Morgan fingerprint density at radius 1 is 1.22 bits per heavy atom. The first-order chi connectivity index (χ1) is 8.70. The first-order valence-corrected chi connectivity index (χ1v) is 7.11. The summed E-state index contributed by atoms with van der Waals surface area (Å²) >= 11 is 1.77. The fourth-order valence-electron chi connectivity index (χ4n) is 1.96. The van der Waals surface area contributed by atoms with Crippen LogP contribution in [0.2, 0.25) is 0 Å². The number of nitrogens with two attached hydrogens (primary N) is 1. The van der Waals surface area contributed by atoms with Crippen molar-refractivity contribution in [2.24, 2.45) is 5.73 Å². The fourth-order valence-corrected chi connectivity index (χ4v) is 2.61. The Morgan fingerprint density at radius 3 is 2.67 bits per heavy atom. The van der Waals surface area contributed by atoms with Gasteiger partial charge in [-0.1, -0.05) is 24.3 Å². The quantitative estimate of drug-likeness (QED) is 0.866. The van der Waals surface area contributed by atoms with Crippen molar-refractivity contribution in [3.8, 4) is 0 Å². The van der Waals surface area contributed by atoms with Gasteiger partial charge in [0.25, 0.3) is 0 Å². The summed E-state index contributed by atoms with van der Waals surface area (Å²) in [5.74, 6) is 0. The van der Waals surface area contributed by atoms with E-state index < -0.39 is 0 Å². The highest BCUT2D eigenvalue weighted by molar-refractivity contribution is 7.09. The summed E-state index contributed by atoms with van der Waals surface area (Å²) in [6.45, 7) is 5.78. The molecule has 1 aromatic carbocycles. The molecule has 2 rings (SSSR count). The number of hydrogen-bond donors (Lipinski definition) is 2. The third kappa shape index (κ3) is 3.19. The van der Waals surface area contributed by atoms with Crippen LogP contribution in [0.15, 0.2) is 35.7 Å². The van der Waals surface area contributed by atoms with Crippen molar-refractivity contribution in [1.29, 1.82) is 0 Å². The van der Waals surface area contributed by atoms with Gasteiger partial charge in [0, 0.05) is 24.0 Å². The molecule has 3 N–H and O–H groups in total. The predicted molar refractivity (Wildman–Crippen MR) is 78.9 cm³/mol. The molecule has 0 aliphatic carbocycles. The van der Waals surface area contributed by atoms with E-state index in [4.69, 9.17) is 5.73 Å². The minimum atomic E-state index is 0.228. The van der Waals surface area contributed by atoms with Gasteiger partial charge in [-0.2, -0.15) is 0 Å². The fraction of sp³-hybridized carbons (Fsp3) is 0.333. The zero-order chi connectivity index (χ0) is 13.0. The van der Waals surface area contributed by atoms with E-state index in [1.807, 2.05) is 0 Å². The molecule has 1 atom stereocenters. The lowest BCUT2D eigenvalue weighted by atomic mass is 10.0. The molecular weight excluding hydrogens is 240 g/mol. The average molecular weight is 260 g/mol. The van der Waals surface area contributed by atoms with E-state index in [2.05, 4.69) is 54.9 Å². The lowest BCUT2D eigenvalue weighted by molar-refractivity contribution is 0.545. The van der Waals surface area contributed by atoms with E-state index in [-0.39, 0.29) is 6.04 Å². The van der Waals surface area contributed by atoms with Crippen LogP contribution < -0.4 is 11.1 Å². The lowest BCUT2D eigenvalue weighted by Gasteiger charge is -2.18. The standard InChI is InChI=1S/C15H20N2S/c1-11-5-6-13(8-12(11)2)15(9-16)17-10-14-4-3-7-18-14/h3-8,15,17H,9-10,16H2,1-2H3. The summed E-state index contributed by atoms with van der Waals surface area (Å²) in [5.41, 5.74) is 9.80. The molecule has 3 heteroatoms. The van der Waals surface area contributed by atoms with Gasteiger partial charge in [0.1, 0.15) is 0 Å². The van der Waals surface area contributed by atoms with Gasteiger partial charge in [-0.05, 0) is 42.0 Å². The molecular formula is C15H20N2S. The Bertz CT molecular complexity index is 491. The number of benzene rings is 1. The van der Waals surface area contributed by atoms with Crippen molar-refractivity contribution in [3.05, 3.63) is 57.3 Å². The van der Waals surface area contributed by atoms with E-state index >= 15 is 0 Å². The molecule has 0 radical (unpaired) electrons. The van der Waals surface area contributed by atoms with Crippen LogP contribution in [0.3, 0.4) is 0 Å². The van der Waals surface area contributed by atoms with Crippen LogP contribution in [-0.2, 0) is 6.54 Å². The maximum Gasteiger partial charge on any atom is 0.0447 e. The van der Waals surface area contributed by atoms with E-state index in [1.165, 1.54) is 21.6 Å². The molecule has 0 amide bonds. The van der Waals surface area contributed by atoms with E-state index in [0.29, 0.717) is 6.54 Å². The number of nitrogens with one attached hydrogen (secondary N) is 1. The van der Waals surface area contributed by atoms with Crippen LogP contribution >= 0.6 is 11.3 Å². The molecule has 1 heterocycles. The van der Waals surface area contributed by atoms with Crippen LogP contribution in [0.5, 0.6) is 0 Å². The summed E-state index contributed by atoms with van der Waals surface area (Å²) in [5, 5.41) is 5.62.